The van der Waals surface area contributed by atoms with Crippen LogP contribution < -0.4 is 22.3 Å². The summed E-state index contributed by atoms with van der Waals surface area (Å²) in [6.07, 6.45) is 0. The minimum Gasteiger partial charge on any atom is -0.399 e. The number of amides is 1. The molecule has 0 saturated heterocycles. The van der Waals surface area contributed by atoms with E-state index in [9.17, 15) is 9.59 Å². The van der Waals surface area contributed by atoms with Crippen LogP contribution in [0.15, 0.2) is 34.2 Å². The quantitative estimate of drug-likeness (QED) is 0.379. The molecule has 6 N–H and O–H groups in total. The number of aryl methyl sites for hydroxylation is 1. The van der Waals surface area contributed by atoms with E-state index in [-0.39, 0.29) is 23.0 Å². The van der Waals surface area contributed by atoms with Gasteiger partial charge in [0.15, 0.2) is 5.16 Å². The lowest BCUT2D eigenvalue weighted by atomic mass is 10.2. The smallest absolute Gasteiger partial charge is 0.253 e. The van der Waals surface area contributed by atoms with Gasteiger partial charge in [-0.2, -0.15) is 0 Å². The summed E-state index contributed by atoms with van der Waals surface area (Å²) in [5, 5.41) is 3.08. The van der Waals surface area contributed by atoms with Crippen molar-refractivity contribution in [2.45, 2.75) is 12.1 Å². The van der Waals surface area contributed by atoms with Crippen LogP contribution in [-0.2, 0) is 4.79 Å². The average molecular weight is 305 g/mol. The molecule has 0 unspecified atom stereocenters. The Morgan fingerprint density at radius 1 is 1.38 bits per heavy atom. The first-order valence-electron chi connectivity index (χ1n) is 6.09. The van der Waals surface area contributed by atoms with Gasteiger partial charge in [0, 0.05) is 17.4 Å². The number of H-pyrrole nitrogens is 1. The SMILES string of the molecule is Cc1cc(N)ccc1NC(=O)CSc1nc(N)cc(=O)[nH]1. The number of hydrogen-bond donors (Lipinski definition) is 4. The maximum atomic E-state index is 11.9. The van der Waals surface area contributed by atoms with Crippen molar-refractivity contribution in [2.75, 3.05) is 22.5 Å². The van der Waals surface area contributed by atoms with Gasteiger partial charge in [-0.3, -0.25) is 9.59 Å². The minimum absolute atomic E-state index is 0.107. The van der Waals surface area contributed by atoms with Gasteiger partial charge in [0.1, 0.15) is 5.82 Å². The average Bonchev–Trinajstić information content (AvgIpc) is 2.39. The van der Waals surface area contributed by atoms with Gasteiger partial charge in [0.2, 0.25) is 5.91 Å². The molecule has 0 fully saturated rings. The van der Waals surface area contributed by atoms with Crippen LogP contribution in [0.25, 0.3) is 0 Å². The van der Waals surface area contributed by atoms with Gasteiger partial charge in [-0.1, -0.05) is 11.8 Å². The van der Waals surface area contributed by atoms with E-state index in [1.54, 1.807) is 18.2 Å². The van der Waals surface area contributed by atoms with E-state index in [0.717, 1.165) is 17.3 Å². The number of nitrogen functional groups attached to an aromatic ring is 2. The Morgan fingerprint density at radius 2 is 2.14 bits per heavy atom. The molecule has 1 aromatic carbocycles. The van der Waals surface area contributed by atoms with Gasteiger partial charge in [-0.25, -0.2) is 4.98 Å². The van der Waals surface area contributed by atoms with Crippen LogP contribution in [0.4, 0.5) is 17.2 Å². The molecule has 2 aromatic rings. The fourth-order valence-electron chi connectivity index (χ4n) is 1.67. The number of benzene rings is 1. The molecule has 0 radical (unpaired) electrons. The largest absolute Gasteiger partial charge is 0.399 e. The number of aromatic nitrogens is 2. The number of hydrogen-bond acceptors (Lipinski definition) is 6. The lowest BCUT2D eigenvalue weighted by molar-refractivity contribution is -0.113. The van der Waals surface area contributed by atoms with Gasteiger partial charge >= 0.3 is 0 Å². The van der Waals surface area contributed by atoms with Crippen LogP contribution in [0, 0.1) is 6.92 Å². The maximum Gasteiger partial charge on any atom is 0.253 e. The maximum absolute atomic E-state index is 11.9. The number of aromatic amines is 1. The van der Waals surface area contributed by atoms with E-state index in [1.807, 2.05) is 6.92 Å². The Bertz CT molecular complexity index is 729. The number of carbonyl (C=O) groups is 1. The van der Waals surface area contributed by atoms with Crippen molar-refractivity contribution in [2.24, 2.45) is 0 Å². The molecule has 0 bridgehead atoms. The van der Waals surface area contributed by atoms with Crippen LogP contribution in [0.2, 0.25) is 0 Å². The topological polar surface area (TPSA) is 127 Å². The first-order chi connectivity index (χ1) is 9.94. The van der Waals surface area contributed by atoms with Gasteiger partial charge in [-0.05, 0) is 30.7 Å². The molecule has 1 heterocycles. The molecule has 0 atom stereocenters. The lowest BCUT2D eigenvalue weighted by Gasteiger charge is -2.08. The second-order valence-corrected chi connectivity index (χ2v) is 5.35. The molecule has 0 aliphatic carbocycles. The summed E-state index contributed by atoms with van der Waals surface area (Å²) in [6, 6.07) is 6.42. The van der Waals surface area contributed by atoms with Crippen molar-refractivity contribution < 1.29 is 4.79 Å². The molecule has 2 rings (SSSR count). The van der Waals surface area contributed by atoms with E-state index in [0.29, 0.717) is 16.5 Å². The van der Waals surface area contributed by atoms with E-state index < -0.39 is 0 Å². The number of nitrogens with one attached hydrogen (secondary N) is 2. The summed E-state index contributed by atoms with van der Waals surface area (Å²) in [5.74, 6) is 0.0184. The van der Waals surface area contributed by atoms with Crippen LogP contribution in [0.1, 0.15) is 5.56 Å². The molecule has 0 spiro atoms. The summed E-state index contributed by atoms with van der Waals surface area (Å²) in [7, 11) is 0. The van der Waals surface area contributed by atoms with Crippen molar-refractivity contribution in [1.82, 2.24) is 9.97 Å². The fraction of sp³-hybridized carbons (Fsp3) is 0.154. The molecule has 110 valence electrons. The number of rotatable bonds is 4. The van der Waals surface area contributed by atoms with E-state index in [4.69, 9.17) is 11.5 Å². The zero-order chi connectivity index (χ0) is 15.4. The highest BCUT2D eigenvalue weighted by Crippen LogP contribution is 2.18. The first kappa shape index (κ1) is 14.9. The summed E-state index contributed by atoms with van der Waals surface area (Å²) in [5.41, 5.74) is 13.0. The third-order valence-corrected chi connectivity index (χ3v) is 3.48. The summed E-state index contributed by atoms with van der Waals surface area (Å²) >= 11 is 1.10. The number of anilines is 3. The number of thioether (sulfide) groups is 1. The Hall–Kier alpha value is -2.48. The van der Waals surface area contributed by atoms with E-state index >= 15 is 0 Å². The van der Waals surface area contributed by atoms with Gasteiger partial charge < -0.3 is 21.8 Å². The third-order valence-electron chi connectivity index (χ3n) is 2.60. The minimum atomic E-state index is -0.347. The van der Waals surface area contributed by atoms with Crippen LogP contribution >= 0.6 is 11.8 Å². The Balaban J connectivity index is 1.97. The molecule has 1 aromatic heterocycles. The summed E-state index contributed by atoms with van der Waals surface area (Å²) < 4.78 is 0. The Labute approximate surface area is 125 Å². The van der Waals surface area contributed by atoms with E-state index in [1.165, 1.54) is 6.07 Å². The van der Waals surface area contributed by atoms with Crippen molar-refractivity contribution in [3.05, 3.63) is 40.2 Å². The van der Waals surface area contributed by atoms with Crippen molar-refractivity contribution in [3.8, 4) is 0 Å². The molecule has 8 heteroatoms. The number of nitrogens with zero attached hydrogens (tertiary/aromatic N) is 1. The predicted octanol–water partition coefficient (Wildman–Crippen LogP) is 0.974. The summed E-state index contributed by atoms with van der Waals surface area (Å²) in [6.45, 7) is 1.86. The third kappa shape index (κ3) is 4.25. The molecule has 7 nitrogen and oxygen atoms in total. The molecular formula is C13H15N5O2S. The zero-order valence-corrected chi connectivity index (χ0v) is 12.2. The van der Waals surface area contributed by atoms with Crippen LogP contribution in [0.3, 0.4) is 0 Å². The summed E-state index contributed by atoms with van der Waals surface area (Å²) in [4.78, 5) is 29.5. The zero-order valence-electron chi connectivity index (χ0n) is 11.3. The first-order valence-corrected chi connectivity index (χ1v) is 7.08. The highest BCUT2D eigenvalue weighted by molar-refractivity contribution is 7.99. The highest BCUT2D eigenvalue weighted by Gasteiger charge is 2.07. The predicted molar refractivity (Wildman–Crippen MR) is 84.2 cm³/mol. The molecule has 0 saturated carbocycles. The molecule has 1 amide bonds. The molecule has 21 heavy (non-hydrogen) atoms. The van der Waals surface area contributed by atoms with Crippen molar-refractivity contribution >= 4 is 34.9 Å². The van der Waals surface area contributed by atoms with Gasteiger partial charge in [0.25, 0.3) is 5.56 Å². The Kier molecular flexibility index (Phi) is 4.49. The van der Waals surface area contributed by atoms with E-state index in [2.05, 4.69) is 15.3 Å². The lowest BCUT2D eigenvalue weighted by Crippen LogP contribution is -2.16. The molecule has 0 aliphatic heterocycles. The standard InChI is InChI=1S/C13H15N5O2S/c1-7-4-8(14)2-3-9(7)16-12(20)6-21-13-17-10(15)5-11(19)18-13/h2-5H,6,14H2,1H3,(H,16,20)(H3,15,17,18,19). The van der Waals surface area contributed by atoms with Crippen molar-refractivity contribution in [3.63, 3.8) is 0 Å². The molecular weight excluding hydrogens is 290 g/mol. The van der Waals surface area contributed by atoms with Crippen LogP contribution in [0.5, 0.6) is 0 Å². The fourth-order valence-corrected chi connectivity index (χ4v) is 2.35. The molecule has 0 aliphatic rings. The number of nitrogens with two attached hydrogens (primary N) is 2. The van der Waals surface area contributed by atoms with Gasteiger partial charge in [-0.15, -0.1) is 0 Å². The highest BCUT2D eigenvalue weighted by atomic mass is 32.2. The normalized spacial score (nSPS) is 10.3. The monoisotopic (exact) mass is 305 g/mol. The van der Waals surface area contributed by atoms with Gasteiger partial charge in [0.05, 0.1) is 5.75 Å². The van der Waals surface area contributed by atoms with Crippen molar-refractivity contribution in [1.29, 1.82) is 0 Å². The van der Waals surface area contributed by atoms with Crippen LogP contribution in [-0.4, -0.2) is 21.6 Å². The number of carbonyl (C=O) groups excluding carboxylic acids is 1. The second kappa shape index (κ2) is 6.31. The second-order valence-electron chi connectivity index (χ2n) is 4.39. The Morgan fingerprint density at radius 3 is 2.81 bits per heavy atom.